The molecule has 0 aliphatic heterocycles. The summed E-state index contributed by atoms with van der Waals surface area (Å²) in [5.41, 5.74) is 0.638. The Labute approximate surface area is 97.2 Å². The minimum absolute atomic E-state index is 0.638. The predicted molar refractivity (Wildman–Crippen MR) is 68.6 cm³/mol. The standard InChI is InChI=1S/C12H28O2Si/c1-5-8-10-13-15(12(4)7-3)14-11-9-6-2/h12,15H,5-11H2,1-4H3. The normalized spacial score (nSPS) is 13.4. The third kappa shape index (κ3) is 8.00. The van der Waals surface area contributed by atoms with Crippen molar-refractivity contribution in [3.05, 3.63) is 0 Å². The highest BCUT2D eigenvalue weighted by molar-refractivity contribution is 6.46. The molecule has 15 heavy (non-hydrogen) atoms. The second-order valence-electron chi connectivity index (χ2n) is 4.20. The first kappa shape index (κ1) is 15.1. The summed E-state index contributed by atoms with van der Waals surface area (Å²) in [6, 6.07) is 0. The monoisotopic (exact) mass is 232 g/mol. The Kier molecular flexibility index (Phi) is 10.7. The van der Waals surface area contributed by atoms with E-state index in [1.54, 1.807) is 0 Å². The van der Waals surface area contributed by atoms with Crippen LogP contribution in [0.25, 0.3) is 0 Å². The van der Waals surface area contributed by atoms with Gasteiger partial charge in [-0.3, -0.25) is 0 Å². The lowest BCUT2D eigenvalue weighted by Crippen LogP contribution is -2.28. The molecule has 0 aliphatic carbocycles. The van der Waals surface area contributed by atoms with Gasteiger partial charge in [-0.15, -0.1) is 0 Å². The van der Waals surface area contributed by atoms with Crippen LogP contribution in [0.15, 0.2) is 0 Å². The van der Waals surface area contributed by atoms with Crippen LogP contribution in [0.4, 0.5) is 0 Å². The van der Waals surface area contributed by atoms with Crippen molar-refractivity contribution in [1.82, 2.24) is 0 Å². The van der Waals surface area contributed by atoms with Crippen LogP contribution in [0.2, 0.25) is 5.54 Å². The molecule has 3 heteroatoms. The van der Waals surface area contributed by atoms with E-state index in [1.807, 2.05) is 0 Å². The number of hydrogen-bond acceptors (Lipinski definition) is 2. The van der Waals surface area contributed by atoms with Gasteiger partial charge in [-0.25, -0.2) is 0 Å². The fraction of sp³-hybridized carbons (Fsp3) is 1.00. The zero-order valence-corrected chi connectivity index (χ0v) is 12.1. The molecular weight excluding hydrogens is 204 g/mol. The van der Waals surface area contributed by atoms with Crippen molar-refractivity contribution in [1.29, 1.82) is 0 Å². The summed E-state index contributed by atoms with van der Waals surface area (Å²) in [6.45, 7) is 10.7. The van der Waals surface area contributed by atoms with E-state index in [-0.39, 0.29) is 0 Å². The lowest BCUT2D eigenvalue weighted by molar-refractivity contribution is 0.183. The average molecular weight is 232 g/mol. The van der Waals surface area contributed by atoms with E-state index in [4.69, 9.17) is 8.85 Å². The van der Waals surface area contributed by atoms with Crippen molar-refractivity contribution < 1.29 is 8.85 Å². The van der Waals surface area contributed by atoms with Gasteiger partial charge in [0.25, 0.3) is 0 Å². The van der Waals surface area contributed by atoms with Crippen molar-refractivity contribution in [3.8, 4) is 0 Å². The molecule has 0 radical (unpaired) electrons. The average Bonchev–Trinajstić information content (AvgIpc) is 2.26. The SMILES string of the molecule is CCCCO[SiH](OCCCC)C(C)CC. The number of hydrogen-bond donors (Lipinski definition) is 0. The molecular formula is C12H28O2Si. The topological polar surface area (TPSA) is 18.5 Å². The molecule has 0 aromatic heterocycles. The molecule has 0 aromatic rings. The summed E-state index contributed by atoms with van der Waals surface area (Å²) in [5, 5.41) is 0. The lowest BCUT2D eigenvalue weighted by Gasteiger charge is -2.21. The van der Waals surface area contributed by atoms with Gasteiger partial charge in [0.2, 0.25) is 0 Å². The van der Waals surface area contributed by atoms with E-state index in [1.165, 1.54) is 19.3 Å². The Morgan fingerprint density at radius 1 is 0.933 bits per heavy atom. The van der Waals surface area contributed by atoms with Gasteiger partial charge in [0.05, 0.1) is 0 Å². The predicted octanol–water partition coefficient (Wildman–Crippen LogP) is 3.64. The minimum atomic E-state index is -1.39. The van der Waals surface area contributed by atoms with Crippen molar-refractivity contribution in [3.63, 3.8) is 0 Å². The molecule has 0 spiro atoms. The highest BCUT2D eigenvalue weighted by Gasteiger charge is 2.20. The molecule has 1 unspecified atom stereocenters. The first-order valence-electron chi connectivity index (χ1n) is 6.49. The summed E-state index contributed by atoms with van der Waals surface area (Å²) >= 11 is 0. The van der Waals surface area contributed by atoms with E-state index in [0.29, 0.717) is 5.54 Å². The maximum atomic E-state index is 5.90. The molecule has 0 heterocycles. The van der Waals surface area contributed by atoms with E-state index in [9.17, 15) is 0 Å². The molecule has 0 fully saturated rings. The van der Waals surface area contributed by atoms with Crippen LogP contribution < -0.4 is 0 Å². The summed E-state index contributed by atoms with van der Waals surface area (Å²) in [7, 11) is -1.39. The van der Waals surface area contributed by atoms with Crippen LogP contribution in [0, 0.1) is 0 Å². The largest absolute Gasteiger partial charge is 0.396 e. The molecule has 0 amide bonds. The van der Waals surface area contributed by atoms with Crippen LogP contribution in [-0.2, 0) is 8.85 Å². The highest BCUT2D eigenvalue weighted by Crippen LogP contribution is 2.16. The van der Waals surface area contributed by atoms with Gasteiger partial charge in [0.15, 0.2) is 0 Å². The molecule has 0 rings (SSSR count). The minimum Gasteiger partial charge on any atom is -0.396 e. The molecule has 0 aromatic carbocycles. The molecule has 0 bridgehead atoms. The fourth-order valence-corrected chi connectivity index (χ4v) is 3.19. The van der Waals surface area contributed by atoms with Crippen molar-refractivity contribution in [2.75, 3.05) is 13.2 Å². The summed E-state index contributed by atoms with van der Waals surface area (Å²) in [6.07, 6.45) is 5.91. The zero-order valence-electron chi connectivity index (χ0n) is 10.9. The second-order valence-corrected chi connectivity index (χ2v) is 6.74. The molecule has 0 N–H and O–H groups in total. The van der Waals surface area contributed by atoms with Crippen molar-refractivity contribution in [2.45, 2.75) is 65.3 Å². The van der Waals surface area contributed by atoms with E-state index < -0.39 is 9.28 Å². The Morgan fingerprint density at radius 3 is 1.73 bits per heavy atom. The Hall–Kier alpha value is 0.137. The number of rotatable bonds is 10. The summed E-state index contributed by atoms with van der Waals surface area (Å²) < 4.78 is 11.8. The van der Waals surface area contributed by atoms with Crippen LogP contribution in [0.1, 0.15) is 59.8 Å². The molecule has 0 saturated carbocycles. The zero-order chi connectivity index (χ0) is 11.5. The van der Waals surface area contributed by atoms with Gasteiger partial charge < -0.3 is 8.85 Å². The van der Waals surface area contributed by atoms with Crippen molar-refractivity contribution in [2.24, 2.45) is 0 Å². The number of unbranched alkanes of at least 4 members (excludes halogenated alkanes) is 2. The molecule has 0 aliphatic rings. The van der Waals surface area contributed by atoms with Crippen LogP contribution in [0.5, 0.6) is 0 Å². The van der Waals surface area contributed by atoms with Gasteiger partial charge >= 0.3 is 9.28 Å². The fourth-order valence-electron chi connectivity index (χ4n) is 1.26. The van der Waals surface area contributed by atoms with Gasteiger partial charge in [0.1, 0.15) is 0 Å². The van der Waals surface area contributed by atoms with Gasteiger partial charge in [-0.2, -0.15) is 0 Å². The molecule has 0 saturated heterocycles. The third-order valence-electron chi connectivity index (χ3n) is 2.67. The lowest BCUT2D eigenvalue weighted by atomic mass is 10.4. The summed E-state index contributed by atoms with van der Waals surface area (Å²) in [5.74, 6) is 0. The molecule has 92 valence electrons. The summed E-state index contributed by atoms with van der Waals surface area (Å²) in [4.78, 5) is 0. The quantitative estimate of drug-likeness (QED) is 0.423. The van der Waals surface area contributed by atoms with Crippen LogP contribution >= 0.6 is 0 Å². The first-order valence-corrected chi connectivity index (χ1v) is 8.10. The van der Waals surface area contributed by atoms with E-state index in [2.05, 4.69) is 27.7 Å². The Morgan fingerprint density at radius 2 is 1.40 bits per heavy atom. The van der Waals surface area contributed by atoms with Gasteiger partial charge in [-0.1, -0.05) is 47.0 Å². The second kappa shape index (κ2) is 10.6. The maximum Gasteiger partial charge on any atom is 0.324 e. The van der Waals surface area contributed by atoms with Crippen LogP contribution in [-0.4, -0.2) is 22.5 Å². The maximum absolute atomic E-state index is 5.90. The Balaban J connectivity index is 3.73. The highest BCUT2D eigenvalue weighted by atomic mass is 28.3. The first-order chi connectivity index (χ1) is 7.26. The molecule has 2 nitrogen and oxygen atoms in total. The van der Waals surface area contributed by atoms with E-state index >= 15 is 0 Å². The van der Waals surface area contributed by atoms with E-state index in [0.717, 1.165) is 26.1 Å². The van der Waals surface area contributed by atoms with Crippen molar-refractivity contribution >= 4 is 9.28 Å². The Bertz CT molecular complexity index is 121. The van der Waals surface area contributed by atoms with Crippen LogP contribution in [0.3, 0.4) is 0 Å². The third-order valence-corrected chi connectivity index (χ3v) is 5.20. The van der Waals surface area contributed by atoms with Gasteiger partial charge in [0, 0.05) is 13.2 Å². The molecule has 1 atom stereocenters. The smallest absolute Gasteiger partial charge is 0.324 e. The van der Waals surface area contributed by atoms with Gasteiger partial charge in [-0.05, 0) is 18.4 Å².